The van der Waals surface area contributed by atoms with Crippen LogP contribution in [0, 0.1) is 0 Å². The predicted octanol–water partition coefficient (Wildman–Crippen LogP) is 1.48. The molecule has 13 heavy (non-hydrogen) atoms. The van der Waals surface area contributed by atoms with Gasteiger partial charge in [0.15, 0.2) is 0 Å². The van der Waals surface area contributed by atoms with E-state index >= 15 is 0 Å². The van der Waals surface area contributed by atoms with Crippen molar-refractivity contribution in [3.8, 4) is 0 Å². The molecule has 0 aliphatic rings. The lowest BCUT2D eigenvalue weighted by Crippen LogP contribution is -2.14. The average molecular weight is 212 g/mol. The number of nitrogen functional groups attached to an aromatic ring is 1. The van der Waals surface area contributed by atoms with Gasteiger partial charge in [-0.3, -0.25) is 0 Å². The smallest absolute Gasteiger partial charge is 0.367 e. The molecule has 8 heteroatoms. The van der Waals surface area contributed by atoms with E-state index in [1.54, 1.807) is 0 Å². The van der Waals surface area contributed by atoms with E-state index in [1.807, 2.05) is 0 Å². The number of rotatable bonds is 3. The maximum atomic E-state index is 11.7. The summed E-state index contributed by atoms with van der Waals surface area (Å²) in [6.45, 7) is -0.210. The molecule has 0 aliphatic heterocycles. The number of nitrogens with two attached hydrogens (primary N) is 1. The molecule has 0 atom stereocenters. The van der Waals surface area contributed by atoms with E-state index in [0.717, 1.165) is 11.5 Å². The summed E-state index contributed by atoms with van der Waals surface area (Å²) < 4.78 is 38.6. The fourth-order valence-corrected chi connectivity index (χ4v) is 1.14. The summed E-state index contributed by atoms with van der Waals surface area (Å²) in [6.07, 6.45) is -5.05. The third kappa shape index (κ3) is 3.92. The third-order valence-corrected chi connectivity index (χ3v) is 1.81. The fourth-order valence-electron chi connectivity index (χ4n) is 0.618. The van der Waals surface area contributed by atoms with E-state index in [4.69, 9.17) is 5.73 Å². The standard InChI is InChI=1S/C5H7F3N4S/c6-5(7,8)1-2-10-4-11-3(9)12-13-4/h1-2H2,(H3,9,10,11,12). The molecular formula is C5H7F3N4S. The van der Waals surface area contributed by atoms with Crippen LogP contribution in [0.3, 0.4) is 0 Å². The molecule has 3 N–H and O–H groups in total. The molecule has 0 aromatic carbocycles. The van der Waals surface area contributed by atoms with Crippen molar-refractivity contribution in [2.45, 2.75) is 12.6 Å². The summed E-state index contributed by atoms with van der Waals surface area (Å²) in [4.78, 5) is 3.64. The Morgan fingerprint density at radius 2 is 2.15 bits per heavy atom. The maximum absolute atomic E-state index is 11.7. The summed E-state index contributed by atoms with van der Waals surface area (Å²) in [5.74, 6) is 0.0690. The minimum absolute atomic E-state index is 0.0690. The zero-order valence-electron chi connectivity index (χ0n) is 6.43. The van der Waals surface area contributed by atoms with Crippen LogP contribution in [0.25, 0.3) is 0 Å². The monoisotopic (exact) mass is 212 g/mol. The predicted molar refractivity (Wildman–Crippen MR) is 43.5 cm³/mol. The number of hydrogen-bond acceptors (Lipinski definition) is 5. The lowest BCUT2D eigenvalue weighted by molar-refractivity contribution is -0.131. The number of halogens is 3. The van der Waals surface area contributed by atoms with E-state index in [1.165, 1.54) is 0 Å². The SMILES string of the molecule is Nc1nsc(NCCC(F)(F)F)n1. The summed E-state index contributed by atoms with van der Waals surface area (Å²) in [5, 5.41) is 2.77. The Hall–Kier alpha value is -1.05. The highest BCUT2D eigenvalue weighted by Crippen LogP contribution is 2.20. The fraction of sp³-hybridized carbons (Fsp3) is 0.600. The van der Waals surface area contributed by atoms with Gasteiger partial charge in [-0.05, 0) is 0 Å². The number of alkyl halides is 3. The Kier molecular flexibility index (Phi) is 2.91. The molecule has 0 radical (unpaired) electrons. The van der Waals surface area contributed by atoms with E-state index in [0.29, 0.717) is 5.13 Å². The Balaban J connectivity index is 2.28. The Labute approximate surface area is 76.1 Å². The van der Waals surface area contributed by atoms with Crippen LogP contribution >= 0.6 is 11.5 Å². The van der Waals surface area contributed by atoms with Gasteiger partial charge in [-0.25, -0.2) is 0 Å². The third-order valence-electron chi connectivity index (χ3n) is 1.13. The van der Waals surface area contributed by atoms with Crippen molar-refractivity contribution in [2.24, 2.45) is 0 Å². The normalized spacial score (nSPS) is 11.6. The van der Waals surface area contributed by atoms with Crippen molar-refractivity contribution in [3.05, 3.63) is 0 Å². The van der Waals surface area contributed by atoms with Crippen molar-refractivity contribution in [2.75, 3.05) is 17.6 Å². The first kappa shape index (κ1) is 10.0. The van der Waals surface area contributed by atoms with Crippen LogP contribution in [0.5, 0.6) is 0 Å². The molecule has 0 unspecified atom stereocenters. The Bertz CT molecular complexity index is 271. The van der Waals surface area contributed by atoms with Gasteiger partial charge in [0.1, 0.15) is 0 Å². The Morgan fingerprint density at radius 1 is 1.46 bits per heavy atom. The lowest BCUT2D eigenvalue weighted by atomic mass is 10.4. The highest BCUT2D eigenvalue weighted by molar-refractivity contribution is 7.09. The molecule has 0 aliphatic carbocycles. The molecule has 1 aromatic heterocycles. The van der Waals surface area contributed by atoms with Crippen LogP contribution in [-0.4, -0.2) is 22.1 Å². The van der Waals surface area contributed by atoms with Crippen LogP contribution in [0.1, 0.15) is 6.42 Å². The molecule has 4 nitrogen and oxygen atoms in total. The topological polar surface area (TPSA) is 63.8 Å². The first-order valence-electron chi connectivity index (χ1n) is 3.37. The zero-order chi connectivity index (χ0) is 9.90. The molecule has 74 valence electrons. The minimum atomic E-state index is -4.15. The second-order valence-corrected chi connectivity index (χ2v) is 3.00. The van der Waals surface area contributed by atoms with Gasteiger partial charge in [0, 0.05) is 18.1 Å². The largest absolute Gasteiger partial charge is 0.390 e. The number of nitrogens with one attached hydrogen (secondary N) is 1. The molecule has 0 bridgehead atoms. The lowest BCUT2D eigenvalue weighted by Gasteiger charge is -2.05. The number of nitrogens with zero attached hydrogens (tertiary/aromatic N) is 2. The van der Waals surface area contributed by atoms with Gasteiger partial charge in [-0.2, -0.15) is 22.5 Å². The van der Waals surface area contributed by atoms with E-state index in [2.05, 4.69) is 14.7 Å². The molecule has 1 rings (SSSR count). The quantitative estimate of drug-likeness (QED) is 0.796. The molecule has 0 saturated heterocycles. The molecule has 0 fully saturated rings. The van der Waals surface area contributed by atoms with Crippen molar-refractivity contribution in [1.82, 2.24) is 9.36 Å². The van der Waals surface area contributed by atoms with Crippen molar-refractivity contribution < 1.29 is 13.2 Å². The van der Waals surface area contributed by atoms with Gasteiger partial charge in [-0.15, -0.1) is 0 Å². The molecule has 1 aromatic rings. The molecule has 0 amide bonds. The average Bonchev–Trinajstić information content (AvgIpc) is 2.33. The number of hydrogen-bond donors (Lipinski definition) is 2. The molecule has 1 heterocycles. The maximum Gasteiger partial charge on any atom is 0.390 e. The van der Waals surface area contributed by atoms with Crippen LogP contribution in [-0.2, 0) is 0 Å². The van der Waals surface area contributed by atoms with E-state index in [-0.39, 0.29) is 12.5 Å². The van der Waals surface area contributed by atoms with Gasteiger partial charge in [0.2, 0.25) is 11.1 Å². The number of aromatic nitrogens is 2. The summed E-state index contributed by atoms with van der Waals surface area (Å²) >= 11 is 0.936. The first-order valence-corrected chi connectivity index (χ1v) is 4.14. The summed E-state index contributed by atoms with van der Waals surface area (Å²) in [6, 6.07) is 0. The second-order valence-electron chi connectivity index (χ2n) is 2.25. The minimum Gasteiger partial charge on any atom is -0.367 e. The van der Waals surface area contributed by atoms with Crippen molar-refractivity contribution in [3.63, 3.8) is 0 Å². The van der Waals surface area contributed by atoms with Gasteiger partial charge < -0.3 is 11.1 Å². The van der Waals surface area contributed by atoms with Crippen molar-refractivity contribution in [1.29, 1.82) is 0 Å². The zero-order valence-corrected chi connectivity index (χ0v) is 7.24. The van der Waals surface area contributed by atoms with Crippen LogP contribution in [0.2, 0.25) is 0 Å². The van der Waals surface area contributed by atoms with Crippen LogP contribution < -0.4 is 11.1 Å². The van der Waals surface area contributed by atoms with E-state index in [9.17, 15) is 13.2 Å². The highest BCUT2D eigenvalue weighted by atomic mass is 32.1. The van der Waals surface area contributed by atoms with Crippen LogP contribution in [0.15, 0.2) is 0 Å². The van der Waals surface area contributed by atoms with Gasteiger partial charge in [0.25, 0.3) is 0 Å². The molecular weight excluding hydrogens is 205 g/mol. The molecule has 0 saturated carbocycles. The van der Waals surface area contributed by atoms with Gasteiger partial charge in [0.05, 0.1) is 6.42 Å². The first-order chi connectivity index (χ1) is 5.97. The second kappa shape index (κ2) is 3.77. The van der Waals surface area contributed by atoms with Gasteiger partial charge >= 0.3 is 6.18 Å². The summed E-state index contributed by atoms with van der Waals surface area (Å²) in [5.41, 5.74) is 5.16. The van der Waals surface area contributed by atoms with E-state index < -0.39 is 12.6 Å². The van der Waals surface area contributed by atoms with Crippen molar-refractivity contribution >= 4 is 22.6 Å². The van der Waals surface area contributed by atoms with Crippen LogP contribution in [0.4, 0.5) is 24.3 Å². The summed E-state index contributed by atoms with van der Waals surface area (Å²) in [7, 11) is 0. The molecule has 0 spiro atoms. The number of anilines is 2. The highest BCUT2D eigenvalue weighted by Gasteiger charge is 2.26. The van der Waals surface area contributed by atoms with Gasteiger partial charge in [-0.1, -0.05) is 0 Å². The Morgan fingerprint density at radius 3 is 2.62 bits per heavy atom.